The SMILES string of the molecule is CC(=O)c1cn(CC(=O)N2[C@@H]3C[C@@H]3C[C@H]2C(=O)NC/C(F)=C(\C)c2cccc(C)c2)c2ccc(-c3cnc(C)nc3)cc12. The van der Waals surface area contributed by atoms with E-state index in [1.54, 1.807) is 35.0 Å². The van der Waals surface area contributed by atoms with Crippen LogP contribution in [0.15, 0.2) is 66.9 Å². The van der Waals surface area contributed by atoms with Crippen LogP contribution in [0.5, 0.6) is 0 Å². The smallest absolute Gasteiger partial charge is 0.243 e. The number of carbonyl (C=O) groups is 3. The Balaban J connectivity index is 1.20. The molecule has 2 aromatic heterocycles. The molecule has 3 atom stereocenters. The Labute approximate surface area is 249 Å². The number of amides is 2. The van der Waals surface area contributed by atoms with Crippen molar-refractivity contribution < 1.29 is 18.8 Å². The van der Waals surface area contributed by atoms with E-state index in [9.17, 15) is 14.4 Å². The highest BCUT2D eigenvalue weighted by Gasteiger charge is 2.55. The van der Waals surface area contributed by atoms with Gasteiger partial charge in [-0.2, -0.15) is 0 Å². The van der Waals surface area contributed by atoms with E-state index in [2.05, 4.69) is 15.3 Å². The summed E-state index contributed by atoms with van der Waals surface area (Å²) in [5.74, 6) is -0.107. The molecule has 4 aromatic rings. The Morgan fingerprint density at radius 3 is 2.49 bits per heavy atom. The Kier molecular flexibility index (Phi) is 7.42. The number of aryl methyl sites for hydroxylation is 2. The summed E-state index contributed by atoms with van der Waals surface area (Å²) in [7, 11) is 0. The van der Waals surface area contributed by atoms with Gasteiger partial charge in [-0.15, -0.1) is 0 Å². The van der Waals surface area contributed by atoms with E-state index in [-0.39, 0.29) is 42.6 Å². The monoisotopic (exact) mass is 579 g/mol. The Morgan fingerprint density at radius 2 is 1.77 bits per heavy atom. The number of hydrogen-bond acceptors (Lipinski definition) is 5. The lowest BCUT2D eigenvalue weighted by Gasteiger charge is -2.27. The van der Waals surface area contributed by atoms with Crippen LogP contribution in [0.4, 0.5) is 4.39 Å². The van der Waals surface area contributed by atoms with Gasteiger partial charge in [-0.1, -0.05) is 35.9 Å². The Hall–Kier alpha value is -4.66. The molecule has 9 heteroatoms. The maximum atomic E-state index is 15.0. The third-order valence-corrected chi connectivity index (χ3v) is 8.65. The van der Waals surface area contributed by atoms with Crippen LogP contribution in [0.2, 0.25) is 0 Å². The number of nitrogens with one attached hydrogen (secondary N) is 1. The van der Waals surface area contributed by atoms with Gasteiger partial charge in [0.25, 0.3) is 0 Å². The second-order valence-electron chi connectivity index (χ2n) is 11.7. The molecule has 0 radical (unpaired) electrons. The van der Waals surface area contributed by atoms with Gasteiger partial charge in [0.05, 0.1) is 6.54 Å². The molecule has 1 saturated heterocycles. The van der Waals surface area contributed by atoms with Crippen molar-refractivity contribution in [1.82, 2.24) is 24.8 Å². The summed E-state index contributed by atoms with van der Waals surface area (Å²) in [4.78, 5) is 49.7. The topological polar surface area (TPSA) is 97.2 Å². The highest BCUT2D eigenvalue weighted by atomic mass is 19.1. The van der Waals surface area contributed by atoms with E-state index >= 15 is 4.39 Å². The van der Waals surface area contributed by atoms with Crippen LogP contribution in [0.1, 0.15) is 54.0 Å². The fourth-order valence-electron chi connectivity index (χ4n) is 6.16. The van der Waals surface area contributed by atoms with Gasteiger partial charge in [0.2, 0.25) is 11.8 Å². The number of benzene rings is 2. The molecule has 0 spiro atoms. The average Bonchev–Trinajstić information content (AvgIpc) is 3.50. The molecule has 220 valence electrons. The first kappa shape index (κ1) is 28.5. The standard InChI is InChI=1S/C34H34FN5O3/c1-19-6-5-7-23(10-19)20(2)29(35)16-38-34(43)32-13-25-12-31(25)40(32)33(42)18-39-17-28(21(3)41)27-11-24(8-9-30(27)39)26-14-36-22(4)37-15-26/h5-11,14-15,17,25,31-32H,12-13,16,18H2,1-4H3,(H,38,43)/b29-20-/t25-,31-,32+/m1/s1. The largest absolute Gasteiger partial charge is 0.348 e. The van der Waals surface area contributed by atoms with Gasteiger partial charge < -0.3 is 14.8 Å². The maximum Gasteiger partial charge on any atom is 0.243 e. The lowest BCUT2D eigenvalue weighted by Crippen LogP contribution is -2.49. The first-order valence-corrected chi connectivity index (χ1v) is 14.5. The van der Waals surface area contributed by atoms with Crippen LogP contribution in [-0.2, 0) is 16.1 Å². The Morgan fingerprint density at radius 1 is 1.00 bits per heavy atom. The van der Waals surface area contributed by atoms with Crippen molar-refractivity contribution in [3.8, 4) is 11.1 Å². The second-order valence-corrected chi connectivity index (χ2v) is 11.7. The van der Waals surface area contributed by atoms with E-state index in [4.69, 9.17) is 0 Å². The quantitative estimate of drug-likeness (QED) is 0.281. The van der Waals surface area contributed by atoms with Crippen LogP contribution in [0.25, 0.3) is 27.6 Å². The normalized spacial score (nSPS) is 19.7. The highest BCUT2D eigenvalue weighted by molar-refractivity contribution is 6.08. The molecule has 3 heterocycles. The van der Waals surface area contributed by atoms with Crippen molar-refractivity contribution in [3.05, 3.63) is 89.4 Å². The van der Waals surface area contributed by atoms with Gasteiger partial charge in [0.15, 0.2) is 5.78 Å². The molecule has 2 aliphatic rings. The number of ketones is 1. The third-order valence-electron chi connectivity index (χ3n) is 8.65. The zero-order chi connectivity index (χ0) is 30.4. The number of Topliss-reactive ketones (excluding diaryl/α,β-unsaturated/α-hetero) is 1. The number of allylic oxidation sites excluding steroid dienone is 1. The molecule has 1 aliphatic carbocycles. The van der Waals surface area contributed by atoms with Crippen LogP contribution in [0, 0.1) is 19.8 Å². The van der Waals surface area contributed by atoms with E-state index < -0.39 is 11.9 Å². The predicted molar refractivity (Wildman–Crippen MR) is 163 cm³/mol. The molecule has 0 bridgehead atoms. The molecule has 1 N–H and O–H groups in total. The van der Waals surface area contributed by atoms with Gasteiger partial charge in [0, 0.05) is 46.7 Å². The fraction of sp³-hybridized carbons (Fsp3) is 0.324. The maximum absolute atomic E-state index is 15.0. The predicted octanol–water partition coefficient (Wildman–Crippen LogP) is 5.42. The van der Waals surface area contributed by atoms with Crippen LogP contribution < -0.4 is 5.32 Å². The second kappa shape index (κ2) is 11.2. The van der Waals surface area contributed by atoms with E-state index in [1.165, 1.54) is 6.92 Å². The number of aromatic nitrogens is 3. The molecule has 1 saturated carbocycles. The van der Waals surface area contributed by atoms with Gasteiger partial charge in [-0.3, -0.25) is 14.4 Å². The molecular weight excluding hydrogens is 545 g/mol. The number of hydrogen-bond donors (Lipinski definition) is 1. The van der Waals surface area contributed by atoms with Crippen molar-refractivity contribution in [3.63, 3.8) is 0 Å². The molecule has 2 fully saturated rings. The summed E-state index contributed by atoms with van der Waals surface area (Å²) in [6, 6.07) is 12.7. The van der Waals surface area contributed by atoms with Crippen molar-refractivity contribution >= 4 is 34.1 Å². The molecule has 8 nitrogen and oxygen atoms in total. The zero-order valence-corrected chi connectivity index (χ0v) is 24.7. The number of halogens is 1. The van der Waals surface area contributed by atoms with Gasteiger partial charge in [-0.05, 0) is 75.3 Å². The van der Waals surface area contributed by atoms with Gasteiger partial charge in [0.1, 0.15) is 24.2 Å². The summed E-state index contributed by atoms with van der Waals surface area (Å²) in [6.07, 6.45) is 6.63. The van der Waals surface area contributed by atoms with Crippen LogP contribution in [-0.4, -0.2) is 55.7 Å². The van der Waals surface area contributed by atoms with E-state index in [0.717, 1.165) is 39.6 Å². The summed E-state index contributed by atoms with van der Waals surface area (Å²) in [5, 5.41) is 3.47. The lowest BCUT2D eigenvalue weighted by atomic mass is 10.0. The summed E-state index contributed by atoms with van der Waals surface area (Å²) >= 11 is 0. The number of carbonyl (C=O) groups excluding carboxylic acids is 3. The van der Waals surface area contributed by atoms with Crippen LogP contribution >= 0.6 is 0 Å². The molecule has 2 amide bonds. The minimum absolute atomic E-state index is 0.00942. The van der Waals surface area contributed by atoms with Gasteiger partial charge in [-0.25, -0.2) is 14.4 Å². The number of likely N-dealkylation sites (tertiary alicyclic amines) is 1. The van der Waals surface area contributed by atoms with Crippen molar-refractivity contribution in [2.24, 2.45) is 5.92 Å². The summed E-state index contributed by atoms with van der Waals surface area (Å²) in [5.41, 5.74) is 5.25. The first-order valence-electron chi connectivity index (χ1n) is 14.5. The lowest BCUT2D eigenvalue weighted by molar-refractivity contribution is -0.140. The summed E-state index contributed by atoms with van der Waals surface area (Å²) in [6.45, 7) is 6.73. The molecule has 43 heavy (non-hydrogen) atoms. The highest BCUT2D eigenvalue weighted by Crippen LogP contribution is 2.48. The molecule has 6 rings (SSSR count). The number of rotatable bonds is 8. The zero-order valence-electron chi connectivity index (χ0n) is 24.7. The summed E-state index contributed by atoms with van der Waals surface area (Å²) < 4.78 is 16.8. The van der Waals surface area contributed by atoms with Gasteiger partial charge >= 0.3 is 0 Å². The number of piperidine rings is 1. The number of fused-ring (bicyclic) bond motifs is 2. The van der Waals surface area contributed by atoms with Crippen LogP contribution in [0.3, 0.4) is 0 Å². The fourth-order valence-corrected chi connectivity index (χ4v) is 6.16. The minimum atomic E-state index is -0.648. The first-order chi connectivity index (χ1) is 20.6. The molecule has 0 unspecified atom stereocenters. The van der Waals surface area contributed by atoms with E-state index in [1.807, 2.05) is 56.3 Å². The van der Waals surface area contributed by atoms with Crippen molar-refractivity contribution in [2.75, 3.05) is 6.54 Å². The average molecular weight is 580 g/mol. The molecule has 2 aromatic carbocycles. The Bertz CT molecular complexity index is 1790. The minimum Gasteiger partial charge on any atom is -0.348 e. The molecular formula is C34H34FN5O3. The van der Waals surface area contributed by atoms with Crippen molar-refractivity contribution in [1.29, 1.82) is 0 Å². The molecule has 1 aliphatic heterocycles. The van der Waals surface area contributed by atoms with E-state index in [0.29, 0.717) is 23.4 Å². The number of nitrogens with zero attached hydrogens (tertiary/aromatic N) is 4. The van der Waals surface area contributed by atoms with Crippen molar-refractivity contribution in [2.45, 2.75) is 59.2 Å². The third kappa shape index (κ3) is 5.59.